The number of carbonyl (C=O) groups is 2. The highest BCUT2D eigenvalue weighted by Crippen LogP contribution is 2.19. The Balaban J connectivity index is 2.21. The highest BCUT2D eigenvalue weighted by molar-refractivity contribution is 5.98. The molecule has 7 heteroatoms. The van der Waals surface area contributed by atoms with E-state index < -0.39 is 17.7 Å². The number of rotatable bonds is 5. The Hall–Kier alpha value is -2.96. The standard InChI is InChI=1S/C14H12FN3O3/c15-10-2-1-3-11(12(10)13(16)19)18-7-9-6-8(14(20)21)4-5-17-9/h1-6,18H,7H2,(H2,16,19)(H,20,21). The van der Waals surface area contributed by atoms with Gasteiger partial charge in [-0.3, -0.25) is 9.78 Å². The number of hydrogen-bond acceptors (Lipinski definition) is 4. The van der Waals surface area contributed by atoms with Crippen LogP contribution in [0.5, 0.6) is 0 Å². The van der Waals surface area contributed by atoms with E-state index in [0.29, 0.717) is 5.69 Å². The number of halogens is 1. The van der Waals surface area contributed by atoms with Crippen LogP contribution in [-0.2, 0) is 6.54 Å². The third kappa shape index (κ3) is 3.33. The van der Waals surface area contributed by atoms with Crippen molar-refractivity contribution in [1.82, 2.24) is 4.98 Å². The highest BCUT2D eigenvalue weighted by Gasteiger charge is 2.13. The van der Waals surface area contributed by atoms with Crippen molar-refractivity contribution in [3.63, 3.8) is 0 Å². The maximum Gasteiger partial charge on any atom is 0.335 e. The van der Waals surface area contributed by atoms with E-state index in [2.05, 4.69) is 10.3 Å². The number of amides is 1. The summed E-state index contributed by atoms with van der Waals surface area (Å²) in [4.78, 5) is 26.1. The van der Waals surface area contributed by atoms with Crippen LogP contribution < -0.4 is 11.1 Å². The van der Waals surface area contributed by atoms with Gasteiger partial charge in [0.15, 0.2) is 0 Å². The molecule has 0 fully saturated rings. The summed E-state index contributed by atoms with van der Waals surface area (Å²) in [6, 6.07) is 6.82. The number of nitrogens with one attached hydrogen (secondary N) is 1. The smallest absolute Gasteiger partial charge is 0.335 e. The molecule has 1 amide bonds. The molecular weight excluding hydrogens is 277 g/mol. The fraction of sp³-hybridized carbons (Fsp3) is 0.0714. The molecule has 2 aromatic rings. The van der Waals surface area contributed by atoms with E-state index >= 15 is 0 Å². The van der Waals surface area contributed by atoms with Gasteiger partial charge in [0.25, 0.3) is 5.91 Å². The number of nitrogens with two attached hydrogens (primary N) is 1. The van der Waals surface area contributed by atoms with Gasteiger partial charge in [0.1, 0.15) is 5.82 Å². The van der Waals surface area contributed by atoms with Gasteiger partial charge in [0.2, 0.25) is 0 Å². The first-order valence-electron chi connectivity index (χ1n) is 5.99. The molecular formula is C14H12FN3O3. The van der Waals surface area contributed by atoms with Crippen molar-refractivity contribution in [1.29, 1.82) is 0 Å². The van der Waals surface area contributed by atoms with Gasteiger partial charge in [-0.1, -0.05) is 6.07 Å². The Morgan fingerprint density at radius 2 is 2.10 bits per heavy atom. The molecule has 0 spiro atoms. The van der Waals surface area contributed by atoms with Crippen LogP contribution in [0.3, 0.4) is 0 Å². The van der Waals surface area contributed by atoms with Gasteiger partial charge in [-0.05, 0) is 24.3 Å². The number of carboxylic acids is 1. The Labute approximate surface area is 119 Å². The molecule has 0 bridgehead atoms. The minimum absolute atomic E-state index is 0.0937. The summed E-state index contributed by atoms with van der Waals surface area (Å²) in [5, 5.41) is 11.7. The summed E-state index contributed by atoms with van der Waals surface area (Å²) >= 11 is 0. The molecule has 0 unspecified atom stereocenters. The minimum atomic E-state index is -1.07. The maximum absolute atomic E-state index is 13.6. The van der Waals surface area contributed by atoms with Crippen LogP contribution >= 0.6 is 0 Å². The molecule has 0 aliphatic rings. The average molecular weight is 289 g/mol. The molecule has 0 aliphatic heterocycles. The van der Waals surface area contributed by atoms with Crippen LogP contribution in [0.4, 0.5) is 10.1 Å². The number of carbonyl (C=O) groups excluding carboxylic acids is 1. The summed E-state index contributed by atoms with van der Waals surface area (Å²) in [7, 11) is 0. The Kier molecular flexibility index (Phi) is 4.13. The first kappa shape index (κ1) is 14.4. The third-order valence-electron chi connectivity index (χ3n) is 2.78. The summed E-state index contributed by atoms with van der Waals surface area (Å²) < 4.78 is 13.6. The third-order valence-corrected chi connectivity index (χ3v) is 2.78. The van der Waals surface area contributed by atoms with Crippen LogP contribution in [0.1, 0.15) is 26.4 Å². The molecule has 0 atom stereocenters. The van der Waals surface area contributed by atoms with E-state index in [9.17, 15) is 14.0 Å². The molecule has 108 valence electrons. The number of aromatic nitrogens is 1. The molecule has 21 heavy (non-hydrogen) atoms. The lowest BCUT2D eigenvalue weighted by atomic mass is 10.1. The summed E-state index contributed by atoms with van der Waals surface area (Å²) in [5.41, 5.74) is 5.65. The van der Waals surface area contributed by atoms with Crippen LogP contribution in [0, 0.1) is 5.82 Å². The number of benzene rings is 1. The van der Waals surface area contributed by atoms with Gasteiger partial charge in [0, 0.05) is 6.20 Å². The van der Waals surface area contributed by atoms with Crippen LogP contribution in [0.25, 0.3) is 0 Å². The molecule has 4 N–H and O–H groups in total. The zero-order chi connectivity index (χ0) is 15.4. The summed E-state index contributed by atoms with van der Waals surface area (Å²) in [5.74, 6) is -2.68. The van der Waals surface area contributed by atoms with Gasteiger partial charge in [-0.25, -0.2) is 9.18 Å². The van der Waals surface area contributed by atoms with Gasteiger partial charge in [0.05, 0.1) is 29.1 Å². The molecule has 0 aliphatic carbocycles. The van der Waals surface area contributed by atoms with Gasteiger partial charge >= 0.3 is 5.97 Å². The lowest BCUT2D eigenvalue weighted by Gasteiger charge is -2.10. The second-order valence-corrected chi connectivity index (χ2v) is 4.22. The minimum Gasteiger partial charge on any atom is -0.478 e. The summed E-state index contributed by atoms with van der Waals surface area (Å²) in [6.45, 7) is 0.130. The highest BCUT2D eigenvalue weighted by atomic mass is 19.1. The van der Waals surface area contributed by atoms with Gasteiger partial charge < -0.3 is 16.2 Å². The number of carboxylic acid groups (broad SMARTS) is 1. The van der Waals surface area contributed by atoms with E-state index in [4.69, 9.17) is 10.8 Å². The number of anilines is 1. The van der Waals surface area contributed by atoms with Crippen LogP contribution in [-0.4, -0.2) is 22.0 Å². The zero-order valence-electron chi connectivity index (χ0n) is 10.8. The number of pyridine rings is 1. The summed E-state index contributed by atoms with van der Waals surface area (Å²) in [6.07, 6.45) is 1.36. The van der Waals surface area contributed by atoms with E-state index in [1.807, 2.05) is 0 Å². The molecule has 0 saturated heterocycles. The number of primary amides is 1. The molecule has 6 nitrogen and oxygen atoms in total. The fourth-order valence-electron chi connectivity index (χ4n) is 1.82. The number of nitrogens with zero attached hydrogens (tertiary/aromatic N) is 1. The van der Waals surface area contributed by atoms with Crippen molar-refractivity contribution in [2.45, 2.75) is 6.54 Å². The first-order valence-corrected chi connectivity index (χ1v) is 5.99. The Bertz CT molecular complexity index is 704. The Morgan fingerprint density at radius 1 is 1.33 bits per heavy atom. The predicted octanol–water partition coefficient (Wildman–Crippen LogP) is 1.63. The van der Waals surface area contributed by atoms with Crippen LogP contribution in [0.2, 0.25) is 0 Å². The number of hydrogen-bond donors (Lipinski definition) is 3. The molecule has 0 saturated carbocycles. The van der Waals surface area contributed by atoms with E-state index in [-0.39, 0.29) is 23.4 Å². The van der Waals surface area contributed by atoms with Crippen molar-refractivity contribution >= 4 is 17.6 Å². The molecule has 1 aromatic heterocycles. The average Bonchev–Trinajstić information content (AvgIpc) is 2.45. The van der Waals surface area contributed by atoms with E-state index in [1.54, 1.807) is 0 Å². The monoisotopic (exact) mass is 289 g/mol. The van der Waals surface area contributed by atoms with Crippen LogP contribution in [0.15, 0.2) is 36.5 Å². The quantitative estimate of drug-likeness (QED) is 0.775. The van der Waals surface area contributed by atoms with Crippen molar-refractivity contribution in [3.8, 4) is 0 Å². The van der Waals surface area contributed by atoms with Crippen molar-refractivity contribution in [2.24, 2.45) is 5.73 Å². The van der Waals surface area contributed by atoms with Gasteiger partial charge in [-0.2, -0.15) is 0 Å². The SMILES string of the molecule is NC(=O)c1c(F)cccc1NCc1cc(C(=O)O)ccn1. The van der Waals surface area contributed by atoms with E-state index in [0.717, 1.165) is 6.07 Å². The van der Waals surface area contributed by atoms with Crippen molar-refractivity contribution in [3.05, 3.63) is 59.2 Å². The largest absolute Gasteiger partial charge is 0.478 e. The predicted molar refractivity (Wildman–Crippen MR) is 73.4 cm³/mol. The van der Waals surface area contributed by atoms with E-state index in [1.165, 1.54) is 30.5 Å². The molecule has 1 aromatic carbocycles. The molecule has 0 radical (unpaired) electrons. The topological polar surface area (TPSA) is 105 Å². The second-order valence-electron chi connectivity index (χ2n) is 4.22. The second kappa shape index (κ2) is 6.00. The maximum atomic E-state index is 13.6. The molecule has 2 rings (SSSR count). The lowest BCUT2D eigenvalue weighted by molar-refractivity contribution is 0.0696. The normalized spacial score (nSPS) is 10.1. The Morgan fingerprint density at radius 3 is 2.76 bits per heavy atom. The first-order chi connectivity index (χ1) is 9.99. The lowest BCUT2D eigenvalue weighted by Crippen LogP contribution is -2.16. The van der Waals surface area contributed by atoms with Gasteiger partial charge in [-0.15, -0.1) is 0 Å². The fourth-order valence-corrected chi connectivity index (χ4v) is 1.82. The van der Waals surface area contributed by atoms with Crippen molar-refractivity contribution < 1.29 is 19.1 Å². The number of aromatic carboxylic acids is 1. The van der Waals surface area contributed by atoms with Crippen molar-refractivity contribution in [2.75, 3.05) is 5.32 Å². The molecule has 1 heterocycles. The zero-order valence-corrected chi connectivity index (χ0v) is 10.8.